The number of carboxylic acids is 1. The summed E-state index contributed by atoms with van der Waals surface area (Å²) < 4.78 is 38.1. The minimum atomic E-state index is -3.61. The molecular formula is C11H14FNO4S. The molecule has 1 aromatic carbocycles. The first-order chi connectivity index (χ1) is 8.30. The number of hydrogen-bond donors (Lipinski definition) is 2. The highest BCUT2D eigenvalue weighted by Gasteiger charge is 2.16. The molecule has 100 valence electrons. The molecule has 1 atom stereocenters. The molecule has 0 spiro atoms. The van der Waals surface area contributed by atoms with E-state index in [1.54, 1.807) is 0 Å². The van der Waals surface area contributed by atoms with Crippen molar-refractivity contribution in [3.05, 3.63) is 35.6 Å². The molecular weight excluding hydrogens is 261 g/mol. The van der Waals surface area contributed by atoms with Crippen molar-refractivity contribution < 1.29 is 22.7 Å². The van der Waals surface area contributed by atoms with Gasteiger partial charge in [-0.1, -0.05) is 19.1 Å². The van der Waals surface area contributed by atoms with Gasteiger partial charge in [0.2, 0.25) is 10.0 Å². The largest absolute Gasteiger partial charge is 0.481 e. The number of carbonyl (C=O) groups is 1. The summed E-state index contributed by atoms with van der Waals surface area (Å²) >= 11 is 0. The standard InChI is InChI=1S/C11H14FNO4S/c1-8(11(14)15)6-13-18(16,17)7-9-2-4-10(12)5-3-9/h2-5,8,13H,6-7H2,1H3,(H,14,15). The number of benzene rings is 1. The summed E-state index contributed by atoms with van der Waals surface area (Å²) in [4.78, 5) is 10.5. The van der Waals surface area contributed by atoms with Crippen LogP contribution in [0.4, 0.5) is 4.39 Å². The molecule has 0 aliphatic rings. The van der Waals surface area contributed by atoms with Gasteiger partial charge in [0.05, 0.1) is 11.7 Å². The second-order valence-corrected chi connectivity index (χ2v) is 5.78. The Balaban J connectivity index is 2.60. The predicted molar refractivity (Wildman–Crippen MR) is 63.8 cm³/mol. The average molecular weight is 275 g/mol. The second-order valence-electron chi connectivity index (χ2n) is 3.97. The molecule has 0 radical (unpaired) electrons. The normalized spacial score (nSPS) is 13.2. The third-order valence-corrected chi connectivity index (χ3v) is 3.62. The highest BCUT2D eigenvalue weighted by Crippen LogP contribution is 2.07. The molecule has 0 saturated carbocycles. The lowest BCUT2D eigenvalue weighted by Gasteiger charge is -2.09. The fourth-order valence-corrected chi connectivity index (χ4v) is 2.43. The van der Waals surface area contributed by atoms with Crippen LogP contribution in [-0.4, -0.2) is 26.0 Å². The van der Waals surface area contributed by atoms with Crippen molar-refractivity contribution in [2.45, 2.75) is 12.7 Å². The summed E-state index contributed by atoms with van der Waals surface area (Å²) in [5.41, 5.74) is 0.437. The van der Waals surface area contributed by atoms with Crippen molar-refractivity contribution in [3.8, 4) is 0 Å². The SMILES string of the molecule is CC(CNS(=O)(=O)Cc1ccc(F)cc1)C(=O)O. The van der Waals surface area contributed by atoms with Crippen LogP contribution in [0.3, 0.4) is 0 Å². The van der Waals surface area contributed by atoms with Crippen LogP contribution in [0.2, 0.25) is 0 Å². The first-order valence-corrected chi connectivity index (χ1v) is 6.90. The number of sulfonamides is 1. The maximum absolute atomic E-state index is 12.6. The van der Waals surface area contributed by atoms with E-state index in [0.717, 1.165) is 0 Å². The molecule has 2 N–H and O–H groups in total. The Kier molecular flexibility index (Phi) is 4.80. The van der Waals surface area contributed by atoms with Crippen LogP contribution < -0.4 is 4.72 Å². The molecule has 0 bridgehead atoms. The minimum Gasteiger partial charge on any atom is -0.481 e. The Morgan fingerprint density at radius 2 is 1.94 bits per heavy atom. The second kappa shape index (κ2) is 5.92. The molecule has 18 heavy (non-hydrogen) atoms. The lowest BCUT2D eigenvalue weighted by Crippen LogP contribution is -2.32. The van der Waals surface area contributed by atoms with E-state index in [-0.39, 0.29) is 12.3 Å². The maximum atomic E-state index is 12.6. The van der Waals surface area contributed by atoms with Gasteiger partial charge < -0.3 is 5.11 Å². The van der Waals surface area contributed by atoms with Crippen LogP contribution in [-0.2, 0) is 20.6 Å². The number of aliphatic carboxylic acids is 1. The third kappa shape index (κ3) is 4.80. The van der Waals surface area contributed by atoms with Crippen molar-refractivity contribution >= 4 is 16.0 Å². The fraction of sp³-hybridized carbons (Fsp3) is 0.364. The number of hydrogen-bond acceptors (Lipinski definition) is 3. The van der Waals surface area contributed by atoms with Gasteiger partial charge in [0, 0.05) is 6.54 Å². The van der Waals surface area contributed by atoms with E-state index in [2.05, 4.69) is 4.72 Å². The van der Waals surface area contributed by atoms with Crippen LogP contribution in [0.25, 0.3) is 0 Å². The molecule has 0 amide bonds. The van der Waals surface area contributed by atoms with Gasteiger partial charge in [-0.2, -0.15) is 0 Å². The number of halogens is 1. The average Bonchev–Trinajstić information content (AvgIpc) is 2.29. The van der Waals surface area contributed by atoms with Crippen LogP contribution in [0.15, 0.2) is 24.3 Å². The van der Waals surface area contributed by atoms with Crippen LogP contribution in [0, 0.1) is 11.7 Å². The number of carboxylic acid groups (broad SMARTS) is 1. The lowest BCUT2D eigenvalue weighted by atomic mass is 10.2. The Hall–Kier alpha value is -1.47. The van der Waals surface area contributed by atoms with E-state index in [1.165, 1.54) is 31.2 Å². The molecule has 0 saturated heterocycles. The van der Waals surface area contributed by atoms with Gasteiger partial charge in [-0.25, -0.2) is 17.5 Å². The van der Waals surface area contributed by atoms with Gasteiger partial charge in [0.25, 0.3) is 0 Å². The highest BCUT2D eigenvalue weighted by molar-refractivity contribution is 7.88. The van der Waals surface area contributed by atoms with E-state index >= 15 is 0 Å². The van der Waals surface area contributed by atoms with Crippen molar-refractivity contribution in [1.29, 1.82) is 0 Å². The molecule has 7 heteroatoms. The number of rotatable bonds is 6. The van der Waals surface area contributed by atoms with Crippen LogP contribution in [0.5, 0.6) is 0 Å². The van der Waals surface area contributed by atoms with E-state index < -0.39 is 27.7 Å². The van der Waals surface area contributed by atoms with E-state index in [9.17, 15) is 17.6 Å². The van der Waals surface area contributed by atoms with Crippen LogP contribution >= 0.6 is 0 Å². The zero-order chi connectivity index (χ0) is 13.8. The molecule has 0 aromatic heterocycles. The van der Waals surface area contributed by atoms with E-state index in [1.807, 2.05) is 0 Å². The maximum Gasteiger partial charge on any atom is 0.307 e. The molecule has 0 fully saturated rings. The molecule has 0 heterocycles. The van der Waals surface area contributed by atoms with Crippen molar-refractivity contribution in [2.75, 3.05) is 6.54 Å². The van der Waals surface area contributed by atoms with Gasteiger partial charge in [-0.15, -0.1) is 0 Å². The fourth-order valence-electron chi connectivity index (χ4n) is 1.19. The minimum absolute atomic E-state index is 0.168. The van der Waals surface area contributed by atoms with Crippen molar-refractivity contribution in [2.24, 2.45) is 5.92 Å². The quantitative estimate of drug-likeness (QED) is 0.810. The molecule has 5 nitrogen and oxygen atoms in total. The zero-order valence-electron chi connectivity index (χ0n) is 9.76. The Morgan fingerprint density at radius 1 is 1.39 bits per heavy atom. The lowest BCUT2D eigenvalue weighted by molar-refractivity contribution is -0.140. The summed E-state index contributed by atoms with van der Waals surface area (Å²) in [7, 11) is -3.61. The smallest absolute Gasteiger partial charge is 0.307 e. The Labute approximate surface area is 105 Å². The summed E-state index contributed by atoms with van der Waals surface area (Å²) in [6, 6.07) is 5.08. The van der Waals surface area contributed by atoms with Gasteiger partial charge in [-0.3, -0.25) is 4.79 Å². The topological polar surface area (TPSA) is 83.5 Å². The summed E-state index contributed by atoms with van der Waals surface area (Å²) in [6.07, 6.45) is 0. The first-order valence-electron chi connectivity index (χ1n) is 5.25. The van der Waals surface area contributed by atoms with Crippen molar-refractivity contribution in [1.82, 2.24) is 4.72 Å². The van der Waals surface area contributed by atoms with E-state index in [0.29, 0.717) is 5.56 Å². The van der Waals surface area contributed by atoms with Crippen LogP contribution in [0.1, 0.15) is 12.5 Å². The Bertz CT molecular complexity index is 512. The van der Waals surface area contributed by atoms with Gasteiger partial charge in [-0.05, 0) is 17.7 Å². The summed E-state index contributed by atoms with van der Waals surface area (Å²) in [5.74, 6) is -2.62. The zero-order valence-corrected chi connectivity index (χ0v) is 10.6. The molecule has 0 aliphatic heterocycles. The third-order valence-electron chi connectivity index (χ3n) is 2.30. The summed E-state index contributed by atoms with van der Waals surface area (Å²) in [6.45, 7) is 1.24. The Morgan fingerprint density at radius 3 is 2.44 bits per heavy atom. The van der Waals surface area contributed by atoms with Gasteiger partial charge >= 0.3 is 5.97 Å². The molecule has 0 aliphatic carbocycles. The molecule has 1 unspecified atom stereocenters. The highest BCUT2D eigenvalue weighted by atomic mass is 32.2. The summed E-state index contributed by atoms with van der Waals surface area (Å²) in [5, 5.41) is 8.62. The molecule has 1 aromatic rings. The van der Waals surface area contributed by atoms with Crippen molar-refractivity contribution in [3.63, 3.8) is 0 Å². The van der Waals surface area contributed by atoms with Gasteiger partial charge in [0.15, 0.2) is 0 Å². The first kappa shape index (κ1) is 14.6. The predicted octanol–water partition coefficient (Wildman–Crippen LogP) is 0.966. The number of nitrogens with one attached hydrogen (secondary N) is 1. The van der Waals surface area contributed by atoms with E-state index in [4.69, 9.17) is 5.11 Å². The monoisotopic (exact) mass is 275 g/mol. The van der Waals surface area contributed by atoms with Gasteiger partial charge in [0.1, 0.15) is 5.82 Å². The molecule has 1 rings (SSSR count).